The van der Waals surface area contributed by atoms with Crippen LogP contribution in [0.4, 0.5) is 9.59 Å². The Hall–Kier alpha value is -5.13. The van der Waals surface area contributed by atoms with Crippen LogP contribution in [0.5, 0.6) is 5.75 Å². The Morgan fingerprint density at radius 2 is 1.84 bits per heavy atom. The maximum atomic E-state index is 13.8. The molecule has 2 saturated carbocycles. The van der Waals surface area contributed by atoms with E-state index in [-0.39, 0.29) is 18.4 Å². The van der Waals surface area contributed by atoms with E-state index in [1.54, 1.807) is 41.4 Å². The van der Waals surface area contributed by atoms with E-state index in [2.05, 4.69) is 20.5 Å². The third-order valence-electron chi connectivity index (χ3n) is 10.7. The molecule has 0 spiro atoms. The van der Waals surface area contributed by atoms with E-state index >= 15 is 0 Å². The van der Waals surface area contributed by atoms with Crippen molar-refractivity contribution in [1.82, 2.24) is 34.9 Å². The number of hydrogen-bond acceptors (Lipinski definition) is 11. The number of benzene rings is 1. The summed E-state index contributed by atoms with van der Waals surface area (Å²) in [4.78, 5) is 67.1. The minimum absolute atomic E-state index is 0.211. The molecular formula is C40H55N7O10S. The highest BCUT2D eigenvalue weighted by atomic mass is 32.2. The number of likely N-dealkylation sites (tertiary alicyclic amines) is 1. The van der Waals surface area contributed by atoms with Gasteiger partial charge in [0, 0.05) is 44.4 Å². The monoisotopic (exact) mass is 825 g/mol. The summed E-state index contributed by atoms with van der Waals surface area (Å²) in [6.07, 6.45) is 11.1. The normalized spacial score (nSPS) is 21.9. The van der Waals surface area contributed by atoms with Gasteiger partial charge in [-0.1, -0.05) is 31.1 Å². The predicted molar refractivity (Wildman–Crippen MR) is 210 cm³/mol. The molecular weight excluding hydrogens is 771 g/mol. The zero-order valence-corrected chi connectivity index (χ0v) is 34.2. The molecule has 316 valence electrons. The van der Waals surface area contributed by atoms with Gasteiger partial charge in [0.2, 0.25) is 22.3 Å². The molecule has 6 rings (SSSR count). The number of fused-ring (bicyclic) bond motifs is 1. The van der Waals surface area contributed by atoms with Crippen LogP contribution < -0.4 is 20.1 Å². The summed E-state index contributed by atoms with van der Waals surface area (Å²) >= 11 is 0. The molecule has 3 N–H and O–H groups in total. The Labute approximate surface area is 339 Å². The standard InChI is InChI=1S/C40H55N7O10S/c1-39(2,3)57-37(51)43-34(11-8-6-4-5-7-10-30-23-40(30,41-27-48)36(50)44-58(53,54)33-14-15-33)35(49)45-19-16-32(26-45)56-38(52)46-24-28-12-13-31(22-29(28)25-46)55-21-20-47-18-9-17-42-47/h7,9-10,12-13,17-18,22,27,30,32-34H,4-6,8,11,14-16,19-21,23-26H2,1-3H3,(H,41,48)(H,43,51)(H,44,50)/b10-7-/t30-,32-,34+,40-/m1/s1. The molecule has 2 aliphatic heterocycles. The number of carbonyl (C=O) groups excluding carboxylic acids is 5. The molecule has 2 aromatic rings. The van der Waals surface area contributed by atoms with E-state index in [0.29, 0.717) is 84.1 Å². The van der Waals surface area contributed by atoms with E-state index < -0.39 is 56.7 Å². The lowest BCUT2D eigenvalue weighted by atomic mass is 10.1. The summed E-state index contributed by atoms with van der Waals surface area (Å²) < 4.78 is 45.7. The molecule has 5 amide bonds. The van der Waals surface area contributed by atoms with Crippen molar-refractivity contribution in [1.29, 1.82) is 0 Å². The average molecular weight is 826 g/mol. The van der Waals surface area contributed by atoms with Crippen LogP contribution in [0.3, 0.4) is 0 Å². The summed E-state index contributed by atoms with van der Waals surface area (Å²) in [6.45, 7) is 7.71. The SMILES string of the molecule is CC(C)(C)OC(=O)N[C@@H](CCCCC/C=C\[C@@H]1C[C@]1(NC=O)C(=O)NS(=O)(=O)C1CC1)C(=O)N1CC[C@@H](OC(=O)N2Cc3ccc(OCCn4cccn4)cc3C2)C1. The van der Waals surface area contributed by atoms with Gasteiger partial charge >= 0.3 is 12.2 Å². The van der Waals surface area contributed by atoms with Gasteiger partial charge in [0.25, 0.3) is 5.91 Å². The molecule has 3 fully saturated rings. The Morgan fingerprint density at radius 3 is 2.57 bits per heavy atom. The molecule has 1 saturated heterocycles. The number of nitrogens with zero attached hydrogens (tertiary/aromatic N) is 4. The van der Waals surface area contributed by atoms with Gasteiger partial charge in [0.05, 0.1) is 18.3 Å². The third-order valence-corrected chi connectivity index (χ3v) is 12.5. The summed E-state index contributed by atoms with van der Waals surface area (Å²) in [5, 5.41) is 8.90. The number of carbonyl (C=O) groups is 5. The number of aromatic nitrogens is 2. The molecule has 1 aromatic carbocycles. The fourth-order valence-electron chi connectivity index (χ4n) is 7.30. The Kier molecular flexibility index (Phi) is 13.3. The molecule has 18 heteroatoms. The first-order valence-electron chi connectivity index (χ1n) is 20.1. The van der Waals surface area contributed by atoms with Gasteiger partial charge in [-0.3, -0.25) is 28.7 Å². The lowest BCUT2D eigenvalue weighted by Crippen LogP contribution is -2.50. The van der Waals surface area contributed by atoms with Gasteiger partial charge in [0.1, 0.15) is 35.6 Å². The van der Waals surface area contributed by atoms with Crippen molar-refractivity contribution in [2.75, 3.05) is 19.7 Å². The van der Waals surface area contributed by atoms with Crippen LogP contribution in [-0.2, 0) is 53.5 Å². The first kappa shape index (κ1) is 42.5. The molecule has 0 bridgehead atoms. The van der Waals surface area contributed by atoms with Gasteiger partial charge in [-0.15, -0.1) is 0 Å². The molecule has 2 aliphatic carbocycles. The summed E-state index contributed by atoms with van der Waals surface area (Å²) in [7, 11) is -3.74. The van der Waals surface area contributed by atoms with Crippen molar-refractivity contribution in [2.45, 2.75) is 127 Å². The summed E-state index contributed by atoms with van der Waals surface area (Å²) in [6, 6.07) is 6.81. The van der Waals surface area contributed by atoms with Crippen LogP contribution in [0.2, 0.25) is 0 Å². The topological polar surface area (TPSA) is 208 Å². The fraction of sp³-hybridized carbons (Fsp3) is 0.600. The quantitative estimate of drug-likeness (QED) is 0.106. The van der Waals surface area contributed by atoms with Crippen LogP contribution >= 0.6 is 0 Å². The molecule has 3 heterocycles. The van der Waals surface area contributed by atoms with Crippen LogP contribution in [0.25, 0.3) is 0 Å². The van der Waals surface area contributed by atoms with Crippen molar-refractivity contribution in [3.05, 3.63) is 59.9 Å². The minimum atomic E-state index is -3.74. The second kappa shape index (κ2) is 18.2. The van der Waals surface area contributed by atoms with E-state index in [9.17, 15) is 32.4 Å². The van der Waals surface area contributed by atoms with E-state index in [0.717, 1.165) is 29.7 Å². The lowest BCUT2D eigenvalue weighted by molar-refractivity contribution is -0.133. The van der Waals surface area contributed by atoms with Crippen LogP contribution in [0, 0.1) is 5.92 Å². The Balaban J connectivity index is 0.938. The zero-order valence-electron chi connectivity index (χ0n) is 33.4. The minimum Gasteiger partial charge on any atom is -0.492 e. The van der Waals surface area contributed by atoms with Crippen molar-refractivity contribution >= 4 is 40.4 Å². The highest BCUT2D eigenvalue weighted by molar-refractivity contribution is 7.91. The number of rotatable bonds is 19. The highest BCUT2D eigenvalue weighted by Crippen LogP contribution is 2.45. The van der Waals surface area contributed by atoms with E-state index in [1.165, 1.54) is 0 Å². The van der Waals surface area contributed by atoms with Gasteiger partial charge in [-0.25, -0.2) is 18.0 Å². The summed E-state index contributed by atoms with van der Waals surface area (Å²) in [5.74, 6) is -0.587. The van der Waals surface area contributed by atoms with Crippen molar-refractivity contribution < 1.29 is 46.6 Å². The second-order valence-electron chi connectivity index (χ2n) is 16.5. The number of alkyl carbamates (subject to hydrolysis) is 1. The molecule has 4 aliphatic rings. The van der Waals surface area contributed by atoms with Crippen LogP contribution in [-0.4, -0.2) is 107 Å². The molecule has 0 radical (unpaired) electrons. The maximum Gasteiger partial charge on any atom is 0.410 e. The molecule has 17 nitrogen and oxygen atoms in total. The van der Waals surface area contributed by atoms with Crippen molar-refractivity contribution in [3.8, 4) is 5.75 Å². The van der Waals surface area contributed by atoms with E-state index in [1.807, 2.05) is 42.6 Å². The number of sulfonamides is 1. The second-order valence-corrected chi connectivity index (χ2v) is 18.4. The summed E-state index contributed by atoms with van der Waals surface area (Å²) in [5.41, 5.74) is -0.0142. The van der Waals surface area contributed by atoms with Gasteiger partial charge < -0.3 is 29.7 Å². The largest absolute Gasteiger partial charge is 0.492 e. The highest BCUT2D eigenvalue weighted by Gasteiger charge is 2.60. The number of allylic oxidation sites excluding steroid dienone is 1. The van der Waals surface area contributed by atoms with Gasteiger partial charge in [0.15, 0.2) is 0 Å². The number of unbranched alkanes of at least 4 members (excludes halogenated alkanes) is 3. The number of hydrogen-bond donors (Lipinski definition) is 3. The lowest BCUT2D eigenvalue weighted by Gasteiger charge is -2.26. The van der Waals surface area contributed by atoms with Gasteiger partial charge in [-0.05, 0) is 88.6 Å². The zero-order chi connectivity index (χ0) is 41.5. The van der Waals surface area contributed by atoms with Crippen molar-refractivity contribution in [3.63, 3.8) is 0 Å². The van der Waals surface area contributed by atoms with Crippen molar-refractivity contribution in [2.24, 2.45) is 5.92 Å². The molecule has 1 aromatic heterocycles. The maximum absolute atomic E-state index is 13.8. The number of ether oxygens (including phenoxy) is 3. The molecule has 4 atom stereocenters. The van der Waals surface area contributed by atoms with Crippen LogP contribution in [0.15, 0.2) is 48.8 Å². The first-order valence-corrected chi connectivity index (χ1v) is 21.6. The average Bonchev–Trinajstić information content (AvgIpc) is 3.93. The number of nitrogens with one attached hydrogen (secondary N) is 3. The smallest absolute Gasteiger partial charge is 0.410 e. The Morgan fingerprint density at radius 1 is 1.05 bits per heavy atom. The molecule has 58 heavy (non-hydrogen) atoms. The molecule has 0 unspecified atom stereocenters. The fourth-order valence-corrected chi connectivity index (χ4v) is 8.66. The first-order chi connectivity index (χ1) is 27.7. The van der Waals surface area contributed by atoms with Gasteiger partial charge in [-0.2, -0.15) is 5.10 Å². The van der Waals surface area contributed by atoms with E-state index in [4.69, 9.17) is 14.2 Å². The van der Waals surface area contributed by atoms with Crippen LogP contribution in [0.1, 0.15) is 89.7 Å². The Bertz CT molecular complexity index is 1950. The number of amides is 5. The predicted octanol–water partition coefficient (Wildman–Crippen LogP) is 3.53. The third kappa shape index (κ3) is 11.3.